The summed E-state index contributed by atoms with van der Waals surface area (Å²) in [5.41, 5.74) is 6.25. The second-order valence-electron chi connectivity index (χ2n) is 4.03. The summed E-state index contributed by atoms with van der Waals surface area (Å²) in [5.74, 6) is -0.664. The second-order valence-corrected chi connectivity index (χ2v) is 5.97. The minimum absolute atomic E-state index is 0.130. The predicted octanol–water partition coefficient (Wildman–Crippen LogP) is 2.11. The third kappa shape index (κ3) is 3.66. The Kier molecular flexibility index (Phi) is 5.56. The molecule has 0 aliphatic heterocycles. The number of ether oxygens (including phenoxy) is 2. The van der Waals surface area contributed by atoms with Crippen LogP contribution in [0, 0.1) is 0 Å². The Morgan fingerprint density at radius 2 is 2.05 bits per heavy atom. The van der Waals surface area contributed by atoms with Crippen molar-refractivity contribution in [3.05, 3.63) is 11.1 Å². The Hall–Kier alpha value is -1.87. The van der Waals surface area contributed by atoms with Gasteiger partial charge in [-0.25, -0.2) is 14.8 Å². The summed E-state index contributed by atoms with van der Waals surface area (Å²) in [7, 11) is 0. The number of nitrogens with zero attached hydrogens (tertiary/aromatic N) is 2. The van der Waals surface area contributed by atoms with Gasteiger partial charge in [0.05, 0.1) is 30.0 Å². The molecule has 2 heterocycles. The molecule has 0 spiro atoms. The highest BCUT2D eigenvalue weighted by Crippen LogP contribution is 2.33. The van der Waals surface area contributed by atoms with Gasteiger partial charge in [-0.05, 0) is 13.8 Å². The van der Waals surface area contributed by atoms with Gasteiger partial charge in [0.2, 0.25) is 0 Å². The number of rotatable bonds is 6. The number of aromatic nitrogens is 2. The van der Waals surface area contributed by atoms with Crippen LogP contribution in [0.25, 0.3) is 10.2 Å². The van der Waals surface area contributed by atoms with Crippen molar-refractivity contribution in [3.8, 4) is 0 Å². The lowest BCUT2D eigenvalue weighted by Crippen LogP contribution is -2.06. The minimum Gasteiger partial charge on any atom is -0.465 e. The molecule has 9 heteroatoms. The summed E-state index contributed by atoms with van der Waals surface area (Å²) >= 11 is 2.32. The summed E-state index contributed by atoms with van der Waals surface area (Å²) in [6.07, 6.45) is 1.55. The van der Waals surface area contributed by atoms with E-state index in [1.165, 1.54) is 11.8 Å². The molecule has 0 aliphatic rings. The van der Waals surface area contributed by atoms with Gasteiger partial charge < -0.3 is 15.2 Å². The Labute approximate surface area is 135 Å². The first-order valence-corrected chi connectivity index (χ1v) is 8.37. The first kappa shape index (κ1) is 16.5. The van der Waals surface area contributed by atoms with E-state index in [4.69, 9.17) is 15.2 Å². The third-order valence-corrected chi connectivity index (χ3v) is 4.48. The lowest BCUT2D eigenvalue weighted by Gasteiger charge is -2.00. The van der Waals surface area contributed by atoms with E-state index in [-0.39, 0.29) is 18.3 Å². The number of nitrogens with two attached hydrogens (primary N) is 1. The molecular weight excluding hydrogens is 326 g/mol. The van der Waals surface area contributed by atoms with Crippen molar-refractivity contribution in [2.45, 2.75) is 19.0 Å². The normalized spacial score (nSPS) is 10.6. The quantitative estimate of drug-likeness (QED) is 0.484. The number of hydrogen-bond donors (Lipinski definition) is 1. The lowest BCUT2D eigenvalue weighted by molar-refractivity contribution is -0.139. The van der Waals surface area contributed by atoms with Gasteiger partial charge in [-0.15, -0.1) is 11.3 Å². The van der Waals surface area contributed by atoms with Gasteiger partial charge in [-0.3, -0.25) is 4.79 Å². The molecule has 2 rings (SSSR count). The number of fused-ring (bicyclic) bond motifs is 1. The molecule has 0 amide bonds. The summed E-state index contributed by atoms with van der Waals surface area (Å²) in [5, 5.41) is 1.03. The number of nitrogen functional groups attached to an aromatic ring is 1. The number of carbonyl (C=O) groups is 2. The Morgan fingerprint density at radius 1 is 1.32 bits per heavy atom. The smallest absolute Gasteiger partial charge is 0.350 e. The van der Waals surface area contributed by atoms with Crippen molar-refractivity contribution < 1.29 is 19.1 Å². The Balaban J connectivity index is 2.20. The predicted molar refractivity (Wildman–Crippen MR) is 85.1 cm³/mol. The van der Waals surface area contributed by atoms with Crippen LogP contribution >= 0.6 is 23.1 Å². The van der Waals surface area contributed by atoms with Crippen LogP contribution in [-0.2, 0) is 14.3 Å². The van der Waals surface area contributed by atoms with E-state index in [1.807, 2.05) is 0 Å². The van der Waals surface area contributed by atoms with Gasteiger partial charge >= 0.3 is 11.9 Å². The number of anilines is 1. The molecule has 0 aliphatic carbocycles. The van der Waals surface area contributed by atoms with Crippen molar-refractivity contribution in [2.24, 2.45) is 0 Å². The van der Waals surface area contributed by atoms with E-state index in [0.29, 0.717) is 32.5 Å². The summed E-state index contributed by atoms with van der Waals surface area (Å²) in [6.45, 7) is 4.09. The van der Waals surface area contributed by atoms with Crippen LogP contribution in [0.2, 0.25) is 0 Å². The average molecular weight is 341 g/mol. The Bertz CT molecular complexity index is 702. The molecule has 0 unspecified atom stereocenters. The summed E-state index contributed by atoms with van der Waals surface area (Å²) < 4.78 is 9.79. The van der Waals surface area contributed by atoms with Crippen molar-refractivity contribution >= 4 is 50.9 Å². The molecule has 0 saturated carbocycles. The molecule has 0 radical (unpaired) electrons. The molecule has 0 aromatic carbocycles. The van der Waals surface area contributed by atoms with Crippen LogP contribution in [-0.4, -0.2) is 40.9 Å². The molecular formula is C13H15N3O4S2. The van der Waals surface area contributed by atoms with E-state index in [1.54, 1.807) is 20.0 Å². The molecule has 0 saturated heterocycles. The number of hydrogen-bond acceptors (Lipinski definition) is 9. The van der Waals surface area contributed by atoms with Gasteiger partial charge in [-0.2, -0.15) is 0 Å². The molecule has 7 nitrogen and oxygen atoms in total. The first-order chi connectivity index (χ1) is 10.6. The molecule has 0 fully saturated rings. The van der Waals surface area contributed by atoms with Crippen LogP contribution in [0.1, 0.15) is 23.5 Å². The molecule has 0 atom stereocenters. The number of esters is 2. The molecule has 2 aromatic heterocycles. The maximum atomic E-state index is 11.8. The zero-order valence-corrected chi connectivity index (χ0v) is 13.8. The first-order valence-electron chi connectivity index (χ1n) is 6.57. The van der Waals surface area contributed by atoms with E-state index in [0.717, 1.165) is 11.3 Å². The lowest BCUT2D eigenvalue weighted by atomic mass is 10.3. The van der Waals surface area contributed by atoms with Gasteiger partial charge in [0.25, 0.3) is 0 Å². The van der Waals surface area contributed by atoms with E-state index >= 15 is 0 Å². The zero-order chi connectivity index (χ0) is 16.1. The largest absolute Gasteiger partial charge is 0.465 e. The summed E-state index contributed by atoms with van der Waals surface area (Å²) in [6, 6.07) is 0. The van der Waals surface area contributed by atoms with E-state index in [9.17, 15) is 9.59 Å². The summed E-state index contributed by atoms with van der Waals surface area (Å²) in [4.78, 5) is 32.5. The topological polar surface area (TPSA) is 104 Å². The van der Waals surface area contributed by atoms with Crippen molar-refractivity contribution in [1.29, 1.82) is 0 Å². The second kappa shape index (κ2) is 7.41. The van der Waals surface area contributed by atoms with Crippen LogP contribution in [0.4, 0.5) is 5.69 Å². The van der Waals surface area contributed by atoms with Gasteiger partial charge in [0, 0.05) is 6.20 Å². The monoisotopic (exact) mass is 341 g/mol. The molecule has 22 heavy (non-hydrogen) atoms. The van der Waals surface area contributed by atoms with Crippen molar-refractivity contribution in [3.63, 3.8) is 0 Å². The van der Waals surface area contributed by atoms with Gasteiger partial charge in [0.1, 0.15) is 9.71 Å². The van der Waals surface area contributed by atoms with Crippen LogP contribution in [0.15, 0.2) is 11.4 Å². The third-order valence-electron chi connectivity index (χ3n) is 2.55. The number of carbonyl (C=O) groups excluding carboxylic acids is 2. The number of thiophene rings is 1. The zero-order valence-electron chi connectivity index (χ0n) is 12.1. The number of thioether (sulfide) groups is 1. The highest BCUT2D eigenvalue weighted by Gasteiger charge is 2.19. The standard InChI is InChI=1S/C13H15N3O4S2/c1-3-19-8(17)6-21-13-15-5-7-9(14)10(12(18)20-4-2)22-11(7)16-13/h5H,3-4,6,14H2,1-2H3. The van der Waals surface area contributed by atoms with Crippen molar-refractivity contribution in [1.82, 2.24) is 9.97 Å². The fourth-order valence-electron chi connectivity index (χ4n) is 1.63. The van der Waals surface area contributed by atoms with Crippen LogP contribution < -0.4 is 5.73 Å². The van der Waals surface area contributed by atoms with Gasteiger partial charge in [-0.1, -0.05) is 11.8 Å². The minimum atomic E-state index is -0.469. The fourth-order valence-corrected chi connectivity index (χ4v) is 3.26. The highest BCUT2D eigenvalue weighted by atomic mass is 32.2. The van der Waals surface area contributed by atoms with Crippen LogP contribution in [0.5, 0.6) is 0 Å². The highest BCUT2D eigenvalue weighted by molar-refractivity contribution is 7.99. The van der Waals surface area contributed by atoms with Gasteiger partial charge in [0.15, 0.2) is 5.16 Å². The van der Waals surface area contributed by atoms with E-state index < -0.39 is 5.97 Å². The molecule has 0 bridgehead atoms. The van der Waals surface area contributed by atoms with Crippen LogP contribution in [0.3, 0.4) is 0 Å². The fraction of sp³-hybridized carbons (Fsp3) is 0.385. The molecule has 2 N–H and O–H groups in total. The van der Waals surface area contributed by atoms with E-state index in [2.05, 4.69) is 9.97 Å². The van der Waals surface area contributed by atoms with Crippen molar-refractivity contribution in [2.75, 3.05) is 24.7 Å². The average Bonchev–Trinajstić information content (AvgIpc) is 2.82. The molecule has 118 valence electrons. The maximum absolute atomic E-state index is 11.8. The Morgan fingerprint density at radius 3 is 2.73 bits per heavy atom. The SMILES string of the molecule is CCOC(=O)CSc1ncc2c(N)c(C(=O)OCC)sc2n1. The molecule has 2 aromatic rings. The maximum Gasteiger partial charge on any atom is 0.350 e.